The Morgan fingerprint density at radius 1 is 1.12 bits per heavy atom. The Morgan fingerprint density at radius 3 is 2.25 bits per heavy atom. The van der Waals surface area contributed by atoms with Crippen LogP contribution in [0.5, 0.6) is 0 Å². The van der Waals surface area contributed by atoms with Crippen molar-refractivity contribution in [2.24, 2.45) is 0 Å². The molecule has 0 N–H and O–H groups in total. The van der Waals surface area contributed by atoms with E-state index >= 15 is 0 Å². The number of benzene rings is 1. The van der Waals surface area contributed by atoms with Gasteiger partial charge in [0, 0.05) is 5.56 Å². The van der Waals surface area contributed by atoms with Gasteiger partial charge in [-0.15, -0.1) is 0 Å². The Bertz CT molecular complexity index is 499. The third kappa shape index (κ3) is 1.78. The predicted octanol–water partition coefficient (Wildman–Crippen LogP) is 3.44. The molecule has 16 heavy (non-hydrogen) atoms. The quantitative estimate of drug-likeness (QED) is 0.717. The van der Waals surface area contributed by atoms with Crippen molar-refractivity contribution in [1.29, 1.82) is 0 Å². The van der Waals surface area contributed by atoms with E-state index in [-0.39, 0.29) is 5.78 Å². The molecule has 0 aliphatic heterocycles. The van der Waals surface area contributed by atoms with Crippen molar-refractivity contribution in [2.75, 3.05) is 0 Å². The van der Waals surface area contributed by atoms with E-state index in [1.807, 2.05) is 32.9 Å². The molecule has 2 nitrogen and oxygen atoms in total. The minimum atomic E-state index is 0.0313. The number of furan rings is 1. The van der Waals surface area contributed by atoms with E-state index in [1.165, 1.54) is 18.1 Å². The molecule has 2 rings (SSSR count). The molecule has 0 radical (unpaired) electrons. The lowest BCUT2D eigenvalue weighted by molar-refractivity contribution is 0.103. The summed E-state index contributed by atoms with van der Waals surface area (Å²) >= 11 is 0. The van der Waals surface area contributed by atoms with Gasteiger partial charge in [0.2, 0.25) is 0 Å². The molecule has 1 aromatic heterocycles. The Labute approximate surface area is 94.9 Å². The lowest BCUT2D eigenvalue weighted by Crippen LogP contribution is -2.05. The molecule has 82 valence electrons. The molecule has 0 unspecified atom stereocenters. The smallest absolute Gasteiger partial charge is 0.196 e. The average Bonchev–Trinajstić information content (AvgIpc) is 2.67. The number of ketones is 1. The summed E-state index contributed by atoms with van der Waals surface area (Å²) < 4.78 is 4.94. The van der Waals surface area contributed by atoms with E-state index in [4.69, 9.17) is 4.42 Å². The fourth-order valence-electron chi connectivity index (χ4n) is 2.08. The first-order valence-electron chi connectivity index (χ1n) is 5.24. The number of carbonyl (C=O) groups excluding carboxylic acids is 1. The van der Waals surface area contributed by atoms with Crippen molar-refractivity contribution in [3.05, 3.63) is 58.5 Å². The highest BCUT2D eigenvalue weighted by Gasteiger charge is 2.15. The van der Waals surface area contributed by atoms with Gasteiger partial charge in [-0.05, 0) is 38.0 Å². The van der Waals surface area contributed by atoms with Gasteiger partial charge in [-0.2, -0.15) is 0 Å². The summed E-state index contributed by atoms with van der Waals surface area (Å²) in [6.07, 6.45) is 3.01. The van der Waals surface area contributed by atoms with Gasteiger partial charge in [-0.1, -0.05) is 17.7 Å². The second kappa shape index (κ2) is 3.97. The molecule has 1 aromatic carbocycles. The second-order valence-electron chi connectivity index (χ2n) is 4.11. The fourth-order valence-corrected chi connectivity index (χ4v) is 2.08. The van der Waals surface area contributed by atoms with Crippen LogP contribution in [0, 0.1) is 20.8 Å². The zero-order valence-corrected chi connectivity index (χ0v) is 9.70. The summed E-state index contributed by atoms with van der Waals surface area (Å²) in [5, 5.41) is 0. The number of carbonyl (C=O) groups is 1. The van der Waals surface area contributed by atoms with Crippen LogP contribution in [0.2, 0.25) is 0 Å². The number of rotatable bonds is 2. The maximum atomic E-state index is 12.2. The van der Waals surface area contributed by atoms with Crippen LogP contribution in [0.4, 0.5) is 0 Å². The predicted molar refractivity (Wildman–Crippen MR) is 62.8 cm³/mol. The van der Waals surface area contributed by atoms with Gasteiger partial charge in [0.25, 0.3) is 0 Å². The minimum Gasteiger partial charge on any atom is -0.472 e. The average molecular weight is 214 g/mol. The number of hydrogen-bond acceptors (Lipinski definition) is 2. The van der Waals surface area contributed by atoms with Crippen molar-refractivity contribution < 1.29 is 9.21 Å². The Hall–Kier alpha value is -1.83. The zero-order chi connectivity index (χ0) is 11.7. The molecule has 0 atom stereocenters. The molecule has 0 spiro atoms. The third-order valence-electron chi connectivity index (χ3n) is 2.69. The van der Waals surface area contributed by atoms with Gasteiger partial charge in [0.05, 0.1) is 11.8 Å². The summed E-state index contributed by atoms with van der Waals surface area (Å²) in [5.41, 5.74) is 4.60. The van der Waals surface area contributed by atoms with Crippen molar-refractivity contribution in [3.63, 3.8) is 0 Å². The van der Waals surface area contributed by atoms with Gasteiger partial charge in [-0.25, -0.2) is 0 Å². The molecule has 0 bridgehead atoms. The summed E-state index contributed by atoms with van der Waals surface area (Å²) in [4.78, 5) is 12.2. The molecule has 2 heteroatoms. The number of aryl methyl sites for hydroxylation is 3. The fraction of sp³-hybridized carbons (Fsp3) is 0.214. The minimum absolute atomic E-state index is 0.0313. The second-order valence-corrected chi connectivity index (χ2v) is 4.11. The normalized spacial score (nSPS) is 10.4. The van der Waals surface area contributed by atoms with Crippen molar-refractivity contribution in [3.8, 4) is 0 Å². The molecule has 0 aliphatic rings. The van der Waals surface area contributed by atoms with E-state index in [0.717, 1.165) is 16.7 Å². The molecular weight excluding hydrogens is 200 g/mol. The third-order valence-corrected chi connectivity index (χ3v) is 2.69. The largest absolute Gasteiger partial charge is 0.472 e. The van der Waals surface area contributed by atoms with Gasteiger partial charge >= 0.3 is 0 Å². The highest BCUT2D eigenvalue weighted by molar-refractivity contribution is 6.10. The Kier molecular flexibility index (Phi) is 2.65. The molecule has 0 fully saturated rings. The summed E-state index contributed by atoms with van der Waals surface area (Å²) in [5.74, 6) is 0.0313. The van der Waals surface area contributed by atoms with Crippen LogP contribution in [0.25, 0.3) is 0 Å². The Morgan fingerprint density at radius 2 is 1.75 bits per heavy atom. The van der Waals surface area contributed by atoms with Crippen LogP contribution in [-0.4, -0.2) is 5.78 Å². The van der Waals surface area contributed by atoms with E-state index in [9.17, 15) is 4.79 Å². The van der Waals surface area contributed by atoms with E-state index in [0.29, 0.717) is 5.56 Å². The van der Waals surface area contributed by atoms with Crippen molar-refractivity contribution >= 4 is 5.78 Å². The monoisotopic (exact) mass is 214 g/mol. The molecular formula is C14H14O2. The topological polar surface area (TPSA) is 30.2 Å². The van der Waals surface area contributed by atoms with Crippen LogP contribution in [0.15, 0.2) is 35.1 Å². The maximum absolute atomic E-state index is 12.2. The van der Waals surface area contributed by atoms with Gasteiger partial charge in [0.15, 0.2) is 5.78 Å². The molecule has 1 heterocycles. The standard InChI is InChI=1S/C14H14O2/c1-9-6-10(2)13(11(3)7-9)14(15)12-4-5-16-8-12/h4-8H,1-3H3. The highest BCUT2D eigenvalue weighted by Crippen LogP contribution is 2.20. The molecule has 0 saturated carbocycles. The van der Waals surface area contributed by atoms with E-state index in [2.05, 4.69) is 0 Å². The summed E-state index contributed by atoms with van der Waals surface area (Å²) in [6.45, 7) is 5.97. The summed E-state index contributed by atoms with van der Waals surface area (Å²) in [6, 6.07) is 5.75. The highest BCUT2D eigenvalue weighted by atomic mass is 16.3. The van der Waals surface area contributed by atoms with Crippen LogP contribution < -0.4 is 0 Å². The lowest BCUT2D eigenvalue weighted by atomic mass is 9.94. The maximum Gasteiger partial charge on any atom is 0.196 e. The van der Waals surface area contributed by atoms with Crippen molar-refractivity contribution in [1.82, 2.24) is 0 Å². The Balaban J connectivity index is 2.53. The van der Waals surface area contributed by atoms with Crippen LogP contribution in [0.1, 0.15) is 32.6 Å². The first kappa shape index (κ1) is 10.7. The number of hydrogen-bond donors (Lipinski definition) is 0. The SMILES string of the molecule is Cc1cc(C)c(C(=O)c2ccoc2)c(C)c1. The van der Waals surface area contributed by atoms with Gasteiger partial charge in [0.1, 0.15) is 6.26 Å². The van der Waals surface area contributed by atoms with Gasteiger partial charge < -0.3 is 4.42 Å². The van der Waals surface area contributed by atoms with Crippen molar-refractivity contribution in [2.45, 2.75) is 20.8 Å². The lowest BCUT2D eigenvalue weighted by Gasteiger charge is -2.08. The van der Waals surface area contributed by atoms with Crippen LogP contribution >= 0.6 is 0 Å². The van der Waals surface area contributed by atoms with Crippen LogP contribution in [-0.2, 0) is 0 Å². The van der Waals surface area contributed by atoms with E-state index < -0.39 is 0 Å². The summed E-state index contributed by atoms with van der Waals surface area (Å²) in [7, 11) is 0. The van der Waals surface area contributed by atoms with Crippen LogP contribution in [0.3, 0.4) is 0 Å². The molecule has 2 aromatic rings. The zero-order valence-electron chi connectivity index (χ0n) is 9.70. The van der Waals surface area contributed by atoms with Gasteiger partial charge in [-0.3, -0.25) is 4.79 Å². The van der Waals surface area contributed by atoms with E-state index in [1.54, 1.807) is 6.07 Å². The molecule has 0 saturated heterocycles. The molecule has 0 amide bonds. The first-order chi connectivity index (χ1) is 7.59. The first-order valence-corrected chi connectivity index (χ1v) is 5.24. The molecule has 0 aliphatic carbocycles.